The number of nitrogens with zero attached hydrogens (tertiary/aromatic N) is 4. The van der Waals surface area contributed by atoms with Gasteiger partial charge in [0.15, 0.2) is 5.41 Å². The van der Waals surface area contributed by atoms with E-state index in [2.05, 4.69) is 0 Å². The van der Waals surface area contributed by atoms with Crippen molar-refractivity contribution in [1.29, 1.82) is 0 Å². The molecule has 10 aliphatic rings. The van der Waals surface area contributed by atoms with Crippen molar-refractivity contribution in [2.75, 3.05) is 0 Å². The normalized spacial score (nSPS) is 38.8. The minimum absolute atomic E-state index is 0.0858. The van der Waals surface area contributed by atoms with Gasteiger partial charge in [-0.25, -0.2) is 0 Å². The van der Waals surface area contributed by atoms with E-state index in [4.69, 9.17) is 9.47 Å². The summed E-state index contributed by atoms with van der Waals surface area (Å²) in [7, 11) is 0. The molecule has 0 aromatic heterocycles. The minimum Gasteiger partial charge on any atom is -0.375 e. The Morgan fingerprint density at radius 1 is 0.366 bits per heavy atom. The Bertz CT molecular complexity index is 2040. The van der Waals surface area contributed by atoms with Gasteiger partial charge in [0.05, 0.1) is 48.1 Å². The molecule has 390 valence electrons. The highest BCUT2D eigenvalue weighted by Crippen LogP contribution is 2.67. The molecule has 9 fully saturated rings. The first kappa shape index (κ1) is 50.3. The van der Waals surface area contributed by atoms with Gasteiger partial charge < -0.3 is 9.47 Å². The second kappa shape index (κ2) is 19.3. The molecular weight excluding hydrogens is 943 g/mol. The molecule has 0 bridgehead atoms. The lowest BCUT2D eigenvalue weighted by Crippen LogP contribution is -2.61. The summed E-state index contributed by atoms with van der Waals surface area (Å²) < 4.78 is 107. The van der Waals surface area contributed by atoms with Crippen LogP contribution in [-0.2, 0) is 47.8 Å². The smallest absolute Gasteiger partial charge is 0.375 e. The van der Waals surface area contributed by atoms with Crippen molar-refractivity contribution < 1.29 is 74.2 Å². The second-order valence-corrected chi connectivity index (χ2v) is 22.4. The van der Waals surface area contributed by atoms with Gasteiger partial charge in [-0.1, -0.05) is 0 Å². The van der Waals surface area contributed by atoms with Crippen LogP contribution in [0.15, 0.2) is 12.2 Å². The second-order valence-electron chi connectivity index (χ2n) is 22.4. The zero-order valence-electron chi connectivity index (χ0n) is 39.8. The van der Waals surface area contributed by atoms with Crippen LogP contribution in [0.2, 0.25) is 0 Å². The first-order chi connectivity index (χ1) is 33.8. The number of fused-ring (bicyclic) bond motifs is 2. The molecule has 0 aromatic carbocycles. The topological polar surface area (TPSA) is 168 Å². The Kier molecular flexibility index (Phi) is 13.6. The van der Waals surface area contributed by atoms with E-state index in [1.807, 2.05) is 0 Å². The van der Waals surface area contributed by atoms with Crippen LogP contribution in [0.5, 0.6) is 0 Å². The molecule has 6 aliphatic carbocycles. The van der Waals surface area contributed by atoms with Gasteiger partial charge in [0.2, 0.25) is 35.4 Å². The Morgan fingerprint density at radius 3 is 0.986 bits per heavy atom. The molecule has 0 radical (unpaired) electrons. The van der Waals surface area contributed by atoms with Gasteiger partial charge in [-0.2, -0.15) is 26.3 Å². The summed E-state index contributed by atoms with van der Waals surface area (Å²) in [5.41, 5.74) is -4.28. The number of rotatable bonds is 10. The summed E-state index contributed by atoms with van der Waals surface area (Å²) in [5.74, 6) is -12.4. The highest BCUT2D eigenvalue weighted by molar-refractivity contribution is 6.13. The number of hydrogen-bond donors (Lipinski definition) is 0. The molecular formula is C51H64F6N4O10. The molecule has 14 nitrogen and oxygen atoms in total. The molecule has 0 N–H and O–H groups in total. The van der Waals surface area contributed by atoms with Crippen molar-refractivity contribution in [3.05, 3.63) is 12.2 Å². The lowest BCUT2D eigenvalue weighted by molar-refractivity contribution is -0.383. The molecule has 10 rings (SSSR count). The molecule has 0 aromatic rings. The molecule has 6 saturated carbocycles. The fraction of sp³-hybridized carbons (Fsp3) is 0.804. The highest BCUT2D eigenvalue weighted by Gasteiger charge is 2.78. The number of imide groups is 4. The minimum atomic E-state index is -5.82. The van der Waals surface area contributed by atoms with Crippen LogP contribution in [0.4, 0.5) is 26.3 Å². The van der Waals surface area contributed by atoms with E-state index in [0.717, 1.165) is 9.80 Å². The van der Waals surface area contributed by atoms with Gasteiger partial charge in [-0.3, -0.25) is 58.0 Å². The van der Waals surface area contributed by atoms with Gasteiger partial charge in [0.1, 0.15) is 0 Å². The quantitative estimate of drug-likeness (QED) is 0.161. The van der Waals surface area contributed by atoms with Crippen LogP contribution in [0.3, 0.4) is 0 Å². The van der Waals surface area contributed by atoms with E-state index in [1.54, 1.807) is 0 Å². The van der Waals surface area contributed by atoms with Crippen molar-refractivity contribution in [3.8, 4) is 0 Å². The molecule has 8 amide bonds. The Labute approximate surface area is 408 Å². The third-order valence-corrected chi connectivity index (χ3v) is 18.9. The molecule has 6 atom stereocenters. The van der Waals surface area contributed by atoms with Crippen molar-refractivity contribution in [2.45, 2.75) is 215 Å². The van der Waals surface area contributed by atoms with Crippen LogP contribution < -0.4 is 0 Å². The average molecular weight is 1010 g/mol. The van der Waals surface area contributed by atoms with E-state index in [1.165, 1.54) is 22.0 Å². The summed E-state index contributed by atoms with van der Waals surface area (Å²) in [6, 6.07) is -1.47. The average Bonchev–Trinajstić information content (AvgIpc) is 4.01. The van der Waals surface area contributed by atoms with Gasteiger partial charge in [-0.15, -0.1) is 0 Å². The van der Waals surface area contributed by atoms with E-state index in [-0.39, 0.29) is 85.8 Å². The Hall–Kier alpha value is -4.20. The van der Waals surface area contributed by atoms with Gasteiger partial charge in [0, 0.05) is 49.2 Å². The number of likely N-dealkylation sites (tertiary alicyclic amines) is 3. The van der Waals surface area contributed by atoms with E-state index in [9.17, 15) is 38.4 Å². The monoisotopic (exact) mass is 1010 g/mol. The zero-order chi connectivity index (χ0) is 50.3. The number of halogens is 6. The van der Waals surface area contributed by atoms with Crippen molar-refractivity contribution in [2.24, 2.45) is 40.9 Å². The summed E-state index contributed by atoms with van der Waals surface area (Å²) >= 11 is 0. The molecule has 71 heavy (non-hydrogen) atoms. The standard InChI is InChI=1S/C51H64F6N4O10/c52-50(53,54)49(51(55,56)57,27-1-19-37-39(25-27)47(68)60(45(37)66)31-7-15-35(16-8-31)70-33-11-3-29(4-12-33)58-41(62)21-22-42(58)63)28-2-20-38-40(26-28)48(69)61(46(38)67)32-9-17-36(18-10-32)71-34-13-5-30(6-14-34)59-43(64)23-24-44(59)65/h21-22,27-40H,1-20,23-26H2. The van der Waals surface area contributed by atoms with Crippen LogP contribution in [0, 0.1) is 40.9 Å². The maximum absolute atomic E-state index is 15.7. The van der Waals surface area contributed by atoms with Gasteiger partial charge in [0.25, 0.3) is 11.8 Å². The fourth-order valence-corrected chi connectivity index (χ4v) is 15.5. The Morgan fingerprint density at radius 2 is 0.662 bits per heavy atom. The van der Waals surface area contributed by atoms with Crippen LogP contribution in [0.25, 0.3) is 0 Å². The van der Waals surface area contributed by atoms with Crippen molar-refractivity contribution in [3.63, 3.8) is 0 Å². The van der Waals surface area contributed by atoms with Gasteiger partial charge in [-0.05, 0) is 153 Å². The third-order valence-electron chi connectivity index (χ3n) is 18.9. The molecule has 4 aliphatic heterocycles. The predicted molar refractivity (Wildman–Crippen MR) is 235 cm³/mol. The lowest BCUT2D eigenvalue weighted by atomic mass is 9.54. The maximum atomic E-state index is 15.7. The number of alkyl halides is 6. The SMILES string of the molecule is O=C1C=CC(=O)N1C1CCC(OC2CCC(N3C(=O)C4CCC(C(C5CCC6C(=O)N(C7CCC(OC8CCC(N9C(=O)CCC9=O)CC8)CC7)C(=O)C6C5)(C(F)(F)F)C(F)(F)F)CC4C3=O)CC2)CC1. The maximum Gasteiger partial charge on any atom is 0.403 e. The van der Waals surface area contributed by atoms with E-state index in [0.29, 0.717) is 103 Å². The molecule has 4 heterocycles. The van der Waals surface area contributed by atoms with Crippen LogP contribution in [-0.4, -0.2) is 128 Å². The fourth-order valence-electron chi connectivity index (χ4n) is 15.5. The number of hydrogen-bond acceptors (Lipinski definition) is 10. The van der Waals surface area contributed by atoms with E-state index >= 15 is 26.3 Å². The van der Waals surface area contributed by atoms with Crippen LogP contribution in [0.1, 0.15) is 154 Å². The zero-order valence-corrected chi connectivity index (χ0v) is 39.8. The first-order valence-electron chi connectivity index (χ1n) is 26.3. The number of amides is 8. The number of carbonyl (C=O) groups is 8. The number of carbonyl (C=O) groups excluding carboxylic acids is 8. The number of ether oxygens (including phenoxy) is 2. The van der Waals surface area contributed by atoms with E-state index < -0.39 is 115 Å². The Balaban J connectivity index is 0.747. The van der Waals surface area contributed by atoms with Crippen LogP contribution >= 0.6 is 0 Å². The molecule has 20 heteroatoms. The molecule has 0 spiro atoms. The summed E-state index contributed by atoms with van der Waals surface area (Å²) in [6.45, 7) is 0. The first-order valence-corrected chi connectivity index (χ1v) is 26.3. The predicted octanol–water partition coefficient (Wildman–Crippen LogP) is 7.25. The van der Waals surface area contributed by atoms with Gasteiger partial charge >= 0.3 is 12.4 Å². The summed E-state index contributed by atoms with van der Waals surface area (Å²) in [6.07, 6.45) is -3.96. The van der Waals surface area contributed by atoms with Crippen molar-refractivity contribution in [1.82, 2.24) is 19.6 Å². The van der Waals surface area contributed by atoms with Crippen molar-refractivity contribution >= 4 is 47.3 Å². The molecule has 6 unspecified atom stereocenters. The highest BCUT2D eigenvalue weighted by atomic mass is 19.4. The molecule has 3 saturated heterocycles. The summed E-state index contributed by atoms with van der Waals surface area (Å²) in [4.78, 5) is 110. The largest absolute Gasteiger partial charge is 0.403 e. The lowest BCUT2D eigenvalue weighted by Gasteiger charge is -2.52. The third kappa shape index (κ3) is 8.87. The summed E-state index contributed by atoms with van der Waals surface area (Å²) in [5, 5.41) is 0.